The molecule has 0 heterocycles. The van der Waals surface area contributed by atoms with Gasteiger partial charge in [-0.25, -0.2) is 0 Å². The molecule has 0 spiro atoms. The van der Waals surface area contributed by atoms with Gasteiger partial charge in [0.25, 0.3) is 0 Å². The zero-order chi connectivity index (χ0) is 54.3. The average Bonchev–Trinajstić information content (AvgIpc) is 3.41. The summed E-state index contributed by atoms with van der Waals surface area (Å²) in [6, 6.07) is 0. The lowest BCUT2D eigenvalue weighted by Gasteiger charge is -2.18. The molecule has 6 nitrogen and oxygen atoms in total. The van der Waals surface area contributed by atoms with E-state index in [1.54, 1.807) is 0 Å². The van der Waals surface area contributed by atoms with Crippen molar-refractivity contribution in [3.8, 4) is 0 Å². The molecule has 1 unspecified atom stereocenters. The van der Waals surface area contributed by atoms with Gasteiger partial charge in [-0.2, -0.15) is 0 Å². The predicted molar refractivity (Wildman–Crippen MR) is 325 cm³/mol. The number of carbonyl (C=O) groups is 3. The molecule has 1 atom stereocenters. The highest BCUT2D eigenvalue weighted by Gasteiger charge is 2.19. The van der Waals surface area contributed by atoms with E-state index in [0.29, 0.717) is 19.3 Å². The van der Waals surface area contributed by atoms with Crippen LogP contribution < -0.4 is 0 Å². The van der Waals surface area contributed by atoms with E-state index < -0.39 is 6.10 Å². The minimum absolute atomic E-state index is 0.0791. The molecule has 0 aromatic heterocycles. The number of unbranched alkanes of at least 4 members (excludes halogenated alkanes) is 36. The molecule has 0 aromatic rings. The van der Waals surface area contributed by atoms with Crippen molar-refractivity contribution in [3.05, 3.63) is 72.9 Å². The third kappa shape index (κ3) is 61.6. The number of rotatable bonds is 59. The van der Waals surface area contributed by atoms with Crippen molar-refractivity contribution < 1.29 is 28.6 Å². The van der Waals surface area contributed by atoms with Gasteiger partial charge in [0.05, 0.1) is 0 Å². The van der Waals surface area contributed by atoms with Crippen molar-refractivity contribution in [1.29, 1.82) is 0 Å². The van der Waals surface area contributed by atoms with E-state index in [2.05, 4.69) is 93.7 Å². The number of hydrogen-bond acceptors (Lipinski definition) is 6. The lowest BCUT2D eigenvalue weighted by molar-refractivity contribution is -0.167. The molecule has 0 rings (SSSR count). The topological polar surface area (TPSA) is 78.9 Å². The van der Waals surface area contributed by atoms with Gasteiger partial charge in [0.2, 0.25) is 0 Å². The second-order valence-corrected chi connectivity index (χ2v) is 21.7. The van der Waals surface area contributed by atoms with Crippen LogP contribution in [0.1, 0.15) is 329 Å². The van der Waals surface area contributed by atoms with Crippen molar-refractivity contribution in [1.82, 2.24) is 0 Å². The van der Waals surface area contributed by atoms with Gasteiger partial charge in [0, 0.05) is 19.3 Å². The summed E-state index contributed by atoms with van der Waals surface area (Å²) in [5.74, 6) is -0.881. The monoisotopic (exact) mass is 1050 g/mol. The summed E-state index contributed by atoms with van der Waals surface area (Å²) in [6.07, 6.45) is 81.9. The number of esters is 3. The molecule has 75 heavy (non-hydrogen) atoms. The van der Waals surface area contributed by atoms with Crippen LogP contribution in [0.3, 0.4) is 0 Å². The van der Waals surface area contributed by atoms with Crippen molar-refractivity contribution in [2.24, 2.45) is 0 Å². The molecule has 0 saturated carbocycles. The fourth-order valence-corrected chi connectivity index (χ4v) is 9.28. The molecule has 0 aliphatic heterocycles. The Labute approximate surface area is 465 Å². The van der Waals surface area contributed by atoms with E-state index in [1.165, 1.54) is 193 Å². The summed E-state index contributed by atoms with van der Waals surface area (Å²) in [5, 5.41) is 0. The van der Waals surface area contributed by atoms with Crippen LogP contribution in [0.25, 0.3) is 0 Å². The molecular weight excluding hydrogens is 925 g/mol. The van der Waals surface area contributed by atoms with Crippen LogP contribution in [0.15, 0.2) is 72.9 Å². The maximum Gasteiger partial charge on any atom is 0.306 e. The molecule has 434 valence electrons. The van der Waals surface area contributed by atoms with Gasteiger partial charge in [0.15, 0.2) is 6.10 Å². The molecule has 0 amide bonds. The van der Waals surface area contributed by atoms with E-state index in [1.807, 2.05) is 0 Å². The highest BCUT2D eigenvalue weighted by atomic mass is 16.6. The fourth-order valence-electron chi connectivity index (χ4n) is 9.28. The van der Waals surface area contributed by atoms with E-state index in [-0.39, 0.29) is 31.1 Å². The molecule has 0 saturated heterocycles. The first-order valence-electron chi connectivity index (χ1n) is 32.4. The van der Waals surface area contributed by atoms with Gasteiger partial charge in [0.1, 0.15) is 13.2 Å². The lowest BCUT2D eigenvalue weighted by atomic mass is 10.0. The Balaban J connectivity index is 4.33. The molecule has 0 fully saturated rings. The van der Waals surface area contributed by atoms with Crippen LogP contribution in [0, 0.1) is 0 Å². The van der Waals surface area contributed by atoms with Gasteiger partial charge in [-0.15, -0.1) is 0 Å². The molecule has 0 aliphatic carbocycles. The summed E-state index contributed by atoms with van der Waals surface area (Å²) in [7, 11) is 0. The third-order valence-electron chi connectivity index (χ3n) is 14.2. The van der Waals surface area contributed by atoms with Crippen LogP contribution in [0.5, 0.6) is 0 Å². The zero-order valence-corrected chi connectivity index (χ0v) is 49.8. The summed E-state index contributed by atoms with van der Waals surface area (Å²) in [4.78, 5) is 38.3. The van der Waals surface area contributed by atoms with Gasteiger partial charge in [-0.3, -0.25) is 14.4 Å². The summed E-state index contributed by atoms with van der Waals surface area (Å²) in [5.41, 5.74) is 0. The first kappa shape index (κ1) is 71.8. The van der Waals surface area contributed by atoms with Crippen molar-refractivity contribution in [2.75, 3.05) is 13.2 Å². The number of allylic oxidation sites excluding steroid dienone is 12. The number of carbonyl (C=O) groups excluding carboxylic acids is 3. The maximum absolute atomic E-state index is 12.9. The van der Waals surface area contributed by atoms with Crippen LogP contribution in [0.2, 0.25) is 0 Å². The summed E-state index contributed by atoms with van der Waals surface area (Å²) < 4.78 is 16.9. The number of ether oxygens (including phenoxy) is 3. The van der Waals surface area contributed by atoms with E-state index in [0.717, 1.165) is 96.3 Å². The van der Waals surface area contributed by atoms with E-state index >= 15 is 0 Å². The summed E-state index contributed by atoms with van der Waals surface area (Å²) >= 11 is 0. The molecule has 0 bridgehead atoms. The first-order chi connectivity index (χ1) is 37.0. The molecule has 0 aliphatic rings. The molecule has 0 aromatic carbocycles. The van der Waals surface area contributed by atoms with Crippen LogP contribution in [-0.2, 0) is 28.6 Å². The van der Waals surface area contributed by atoms with Crippen molar-refractivity contribution in [2.45, 2.75) is 335 Å². The zero-order valence-electron chi connectivity index (χ0n) is 49.8. The highest BCUT2D eigenvalue weighted by Crippen LogP contribution is 2.16. The quantitative estimate of drug-likeness (QED) is 0.0261. The largest absolute Gasteiger partial charge is 0.462 e. The Bertz CT molecular complexity index is 1390. The Hall–Kier alpha value is -3.15. The second kappa shape index (κ2) is 63.4. The number of hydrogen-bond donors (Lipinski definition) is 0. The molecule has 0 radical (unpaired) electrons. The SMILES string of the molecule is CCCCC/C=C\C/C=C\C/C=C\CCCCCCCCC(=O)OC(COC(=O)CCCCCCCCCCCC/C=C\C/C=C\C/C=C\CCCCCCC)COC(=O)CCCCCCCCCCCCCCC. The third-order valence-corrected chi connectivity index (χ3v) is 14.2. The Morgan fingerprint density at radius 3 is 0.773 bits per heavy atom. The van der Waals surface area contributed by atoms with Gasteiger partial charge in [-0.1, -0.05) is 286 Å². The highest BCUT2D eigenvalue weighted by molar-refractivity contribution is 5.71. The lowest BCUT2D eigenvalue weighted by Crippen LogP contribution is -2.30. The van der Waals surface area contributed by atoms with Gasteiger partial charge in [-0.05, 0) is 96.3 Å². The predicted octanol–water partition coefficient (Wildman–Crippen LogP) is 22.1. The molecular formula is C69H122O6. The van der Waals surface area contributed by atoms with Crippen LogP contribution >= 0.6 is 0 Å². The smallest absolute Gasteiger partial charge is 0.306 e. The Morgan fingerprint density at radius 1 is 0.267 bits per heavy atom. The fraction of sp³-hybridized carbons (Fsp3) is 0.783. The van der Waals surface area contributed by atoms with Crippen LogP contribution in [0.4, 0.5) is 0 Å². The van der Waals surface area contributed by atoms with E-state index in [9.17, 15) is 14.4 Å². The normalized spacial score (nSPS) is 12.5. The summed E-state index contributed by atoms with van der Waals surface area (Å²) in [6.45, 7) is 6.62. The van der Waals surface area contributed by atoms with Crippen LogP contribution in [-0.4, -0.2) is 37.2 Å². The Morgan fingerprint density at radius 2 is 0.480 bits per heavy atom. The minimum Gasteiger partial charge on any atom is -0.462 e. The maximum atomic E-state index is 12.9. The minimum atomic E-state index is -0.784. The van der Waals surface area contributed by atoms with E-state index in [4.69, 9.17) is 14.2 Å². The van der Waals surface area contributed by atoms with Crippen molar-refractivity contribution >= 4 is 17.9 Å². The standard InChI is InChI=1S/C69H122O6/c1-4-7-10-13-16-19-22-25-27-29-31-32-33-34-35-36-38-39-41-44-47-50-53-56-59-62-68(71)74-65-66(64-73-67(70)61-58-55-52-49-46-43-24-21-18-15-12-9-6-3)75-69(72)63-60-57-54-51-48-45-42-40-37-30-28-26-23-20-17-14-11-8-5-2/h17,20,22,25-26,28-29,31,33-34,37,40,66H,4-16,18-19,21,23-24,27,30,32,35-36,38-39,41-65H2,1-3H3/b20-17-,25-22-,28-26-,31-29-,34-33-,40-37-. The molecule has 6 heteroatoms. The first-order valence-corrected chi connectivity index (χ1v) is 32.4. The van der Waals surface area contributed by atoms with Gasteiger partial charge < -0.3 is 14.2 Å². The molecule has 0 N–H and O–H groups in total. The average molecular weight is 1050 g/mol. The van der Waals surface area contributed by atoms with Gasteiger partial charge >= 0.3 is 17.9 Å². The van der Waals surface area contributed by atoms with Crippen molar-refractivity contribution in [3.63, 3.8) is 0 Å². The second-order valence-electron chi connectivity index (χ2n) is 21.7. The Kier molecular flexibility index (Phi) is 60.7.